The summed E-state index contributed by atoms with van der Waals surface area (Å²) in [6, 6.07) is 6.95. The molecule has 0 aromatic heterocycles. The summed E-state index contributed by atoms with van der Waals surface area (Å²) in [5.41, 5.74) is 1.30. The van der Waals surface area contributed by atoms with E-state index in [0.717, 1.165) is 24.0 Å². The van der Waals surface area contributed by atoms with Gasteiger partial charge >= 0.3 is 0 Å². The summed E-state index contributed by atoms with van der Waals surface area (Å²) in [5, 5.41) is 8.89. The summed E-state index contributed by atoms with van der Waals surface area (Å²) in [6.07, 6.45) is 1.82. The molecule has 2 rings (SSSR count). The molecule has 1 fully saturated rings. The van der Waals surface area contributed by atoms with E-state index in [1.54, 1.807) is 24.3 Å². The van der Waals surface area contributed by atoms with Gasteiger partial charge in [0.1, 0.15) is 0 Å². The van der Waals surface area contributed by atoms with Crippen molar-refractivity contribution in [1.82, 2.24) is 4.72 Å². The first kappa shape index (κ1) is 12.5. The second kappa shape index (κ2) is 4.40. The molecule has 1 aliphatic carbocycles. The van der Waals surface area contributed by atoms with Gasteiger partial charge in [-0.15, -0.1) is 0 Å². The fourth-order valence-electron chi connectivity index (χ4n) is 1.66. The Hall–Kier alpha value is -0.910. The zero-order chi connectivity index (χ0) is 12.5. The maximum Gasteiger partial charge on any atom is 0.216 e. The van der Waals surface area contributed by atoms with Gasteiger partial charge in [0.15, 0.2) is 0 Å². The van der Waals surface area contributed by atoms with Gasteiger partial charge in [-0.25, -0.2) is 13.1 Å². The average Bonchev–Trinajstić information content (AvgIpc) is 2.95. The summed E-state index contributed by atoms with van der Waals surface area (Å²) >= 11 is 0. The molecule has 0 unspecified atom stereocenters. The van der Waals surface area contributed by atoms with Crippen LogP contribution in [0.3, 0.4) is 0 Å². The lowest BCUT2D eigenvalue weighted by molar-refractivity contribution is 0.282. The Balaban J connectivity index is 2.03. The van der Waals surface area contributed by atoms with E-state index in [9.17, 15) is 8.42 Å². The van der Waals surface area contributed by atoms with E-state index in [0.29, 0.717) is 0 Å². The van der Waals surface area contributed by atoms with Crippen LogP contribution in [0, 0.1) is 0 Å². The van der Waals surface area contributed by atoms with Crippen molar-refractivity contribution in [2.75, 3.05) is 0 Å². The van der Waals surface area contributed by atoms with Crippen molar-refractivity contribution >= 4 is 10.0 Å². The van der Waals surface area contributed by atoms with E-state index in [2.05, 4.69) is 4.72 Å². The number of benzene rings is 1. The SMILES string of the molecule is CC1(NS(=O)(=O)Cc2ccc(CO)cc2)CC1. The second-order valence-electron chi connectivity index (χ2n) is 4.90. The number of hydrogen-bond acceptors (Lipinski definition) is 3. The Morgan fingerprint density at radius 3 is 2.24 bits per heavy atom. The molecule has 1 aromatic carbocycles. The molecule has 1 saturated carbocycles. The monoisotopic (exact) mass is 255 g/mol. The highest BCUT2D eigenvalue weighted by molar-refractivity contribution is 7.88. The Labute approximate surface area is 102 Å². The lowest BCUT2D eigenvalue weighted by Gasteiger charge is -2.12. The number of aliphatic hydroxyl groups excluding tert-OH is 1. The zero-order valence-electron chi connectivity index (χ0n) is 9.81. The summed E-state index contributed by atoms with van der Waals surface area (Å²) in [7, 11) is -3.26. The predicted molar refractivity (Wildman–Crippen MR) is 65.8 cm³/mol. The molecule has 0 bridgehead atoms. The third kappa shape index (κ3) is 3.52. The van der Waals surface area contributed by atoms with Crippen LogP contribution < -0.4 is 4.72 Å². The molecule has 0 atom stereocenters. The molecule has 0 aliphatic heterocycles. The lowest BCUT2D eigenvalue weighted by atomic mass is 10.2. The molecule has 1 aliphatic rings. The second-order valence-corrected chi connectivity index (χ2v) is 6.62. The molecular formula is C12H17NO3S. The summed E-state index contributed by atoms with van der Waals surface area (Å²) in [4.78, 5) is 0. The topological polar surface area (TPSA) is 66.4 Å². The van der Waals surface area contributed by atoms with Gasteiger partial charge in [-0.1, -0.05) is 24.3 Å². The highest BCUT2D eigenvalue weighted by atomic mass is 32.2. The Kier molecular flexibility index (Phi) is 3.25. The number of nitrogens with one attached hydrogen (secondary N) is 1. The Morgan fingerprint density at radius 1 is 1.24 bits per heavy atom. The third-order valence-corrected chi connectivity index (χ3v) is 4.48. The third-order valence-electron chi connectivity index (χ3n) is 2.96. The van der Waals surface area contributed by atoms with Crippen molar-refractivity contribution in [2.24, 2.45) is 0 Å². The molecule has 17 heavy (non-hydrogen) atoms. The minimum absolute atomic E-state index is 0.00566. The van der Waals surface area contributed by atoms with Crippen molar-refractivity contribution in [3.8, 4) is 0 Å². The van der Waals surface area contributed by atoms with E-state index in [1.807, 2.05) is 6.92 Å². The highest BCUT2D eigenvalue weighted by Gasteiger charge is 2.40. The van der Waals surface area contributed by atoms with Crippen molar-refractivity contribution in [3.05, 3.63) is 35.4 Å². The van der Waals surface area contributed by atoms with Gasteiger partial charge in [0.2, 0.25) is 10.0 Å². The maximum absolute atomic E-state index is 11.8. The van der Waals surface area contributed by atoms with Crippen LogP contribution in [0.2, 0.25) is 0 Å². The van der Waals surface area contributed by atoms with Crippen LogP contribution in [0.4, 0.5) is 0 Å². The van der Waals surface area contributed by atoms with E-state index in [4.69, 9.17) is 5.11 Å². The van der Waals surface area contributed by atoms with Crippen molar-refractivity contribution in [2.45, 2.75) is 37.7 Å². The minimum Gasteiger partial charge on any atom is -0.392 e. The first-order valence-corrected chi connectivity index (χ1v) is 7.28. The van der Waals surface area contributed by atoms with Gasteiger partial charge in [-0.05, 0) is 30.9 Å². The van der Waals surface area contributed by atoms with Crippen molar-refractivity contribution in [3.63, 3.8) is 0 Å². The standard InChI is InChI=1S/C12H17NO3S/c1-12(6-7-12)13-17(15,16)9-11-4-2-10(8-14)3-5-11/h2-5,13-14H,6-9H2,1H3. The van der Waals surface area contributed by atoms with Crippen LogP contribution in [0.15, 0.2) is 24.3 Å². The summed E-state index contributed by atoms with van der Waals surface area (Å²) in [5.74, 6) is -0.00566. The minimum atomic E-state index is -3.26. The number of sulfonamides is 1. The predicted octanol–water partition coefficient (Wildman–Crippen LogP) is 1.15. The van der Waals surface area contributed by atoms with Crippen molar-refractivity contribution < 1.29 is 13.5 Å². The van der Waals surface area contributed by atoms with Crippen LogP contribution in [0.25, 0.3) is 0 Å². The largest absolute Gasteiger partial charge is 0.392 e. The van der Waals surface area contributed by atoms with Gasteiger partial charge in [0.05, 0.1) is 12.4 Å². The molecule has 1 aromatic rings. The molecule has 0 heterocycles. The molecule has 94 valence electrons. The van der Waals surface area contributed by atoms with Gasteiger partial charge in [-0.3, -0.25) is 0 Å². The fraction of sp³-hybridized carbons (Fsp3) is 0.500. The average molecular weight is 255 g/mol. The number of aliphatic hydroxyl groups is 1. The zero-order valence-corrected chi connectivity index (χ0v) is 10.6. The van der Waals surface area contributed by atoms with Crippen LogP contribution in [0.1, 0.15) is 30.9 Å². The molecule has 2 N–H and O–H groups in total. The molecule has 0 amide bonds. The summed E-state index contributed by atoms with van der Waals surface area (Å²) < 4.78 is 26.4. The Bertz CT molecular complexity index is 489. The van der Waals surface area contributed by atoms with Gasteiger partial charge < -0.3 is 5.11 Å². The molecule has 0 saturated heterocycles. The van der Waals surface area contributed by atoms with E-state index in [1.165, 1.54) is 0 Å². The quantitative estimate of drug-likeness (QED) is 0.829. The first-order chi connectivity index (χ1) is 7.92. The van der Waals surface area contributed by atoms with E-state index < -0.39 is 10.0 Å². The van der Waals surface area contributed by atoms with E-state index in [-0.39, 0.29) is 17.9 Å². The smallest absolute Gasteiger partial charge is 0.216 e. The van der Waals surface area contributed by atoms with Crippen molar-refractivity contribution in [1.29, 1.82) is 0 Å². The first-order valence-electron chi connectivity index (χ1n) is 5.63. The fourth-order valence-corrected chi connectivity index (χ4v) is 3.32. The van der Waals surface area contributed by atoms with Gasteiger partial charge in [0, 0.05) is 5.54 Å². The lowest BCUT2D eigenvalue weighted by Crippen LogP contribution is -2.35. The maximum atomic E-state index is 11.8. The van der Waals surface area contributed by atoms with Crippen LogP contribution in [-0.4, -0.2) is 19.1 Å². The normalized spacial score (nSPS) is 18.0. The number of hydrogen-bond donors (Lipinski definition) is 2. The van der Waals surface area contributed by atoms with Crippen LogP contribution in [-0.2, 0) is 22.4 Å². The molecule has 0 spiro atoms. The van der Waals surface area contributed by atoms with Crippen LogP contribution >= 0.6 is 0 Å². The molecule has 4 nitrogen and oxygen atoms in total. The molecular weight excluding hydrogens is 238 g/mol. The Morgan fingerprint density at radius 2 is 1.76 bits per heavy atom. The van der Waals surface area contributed by atoms with Gasteiger partial charge in [0.25, 0.3) is 0 Å². The molecule has 5 heteroatoms. The molecule has 0 radical (unpaired) electrons. The number of rotatable bonds is 5. The van der Waals surface area contributed by atoms with Crippen LogP contribution in [0.5, 0.6) is 0 Å². The van der Waals surface area contributed by atoms with E-state index >= 15 is 0 Å². The summed E-state index contributed by atoms with van der Waals surface area (Å²) in [6.45, 7) is 1.89. The van der Waals surface area contributed by atoms with Gasteiger partial charge in [-0.2, -0.15) is 0 Å². The highest BCUT2D eigenvalue weighted by Crippen LogP contribution is 2.35.